The third kappa shape index (κ3) is 3.03. The first-order chi connectivity index (χ1) is 9.46. The molecular formula is C12H18N2O4S2. The zero-order valence-electron chi connectivity index (χ0n) is 11.5. The molecule has 2 rings (SSSR count). The van der Waals surface area contributed by atoms with E-state index in [4.69, 9.17) is 4.84 Å². The molecule has 0 bridgehead atoms. The van der Waals surface area contributed by atoms with E-state index in [0.717, 1.165) is 4.88 Å². The van der Waals surface area contributed by atoms with Crippen LogP contribution in [0.5, 0.6) is 0 Å². The predicted molar refractivity (Wildman–Crippen MR) is 75.7 cm³/mol. The SMILES string of the molecule is CCONC(=O)C1CCCN1S(=O)(=O)c1ccc(C)s1. The van der Waals surface area contributed by atoms with Crippen LogP contribution in [-0.2, 0) is 19.7 Å². The number of sulfonamides is 1. The molecule has 0 radical (unpaired) electrons. The summed E-state index contributed by atoms with van der Waals surface area (Å²) in [5.41, 5.74) is 2.29. The molecule has 1 aromatic rings. The largest absolute Gasteiger partial charge is 0.274 e. The lowest BCUT2D eigenvalue weighted by atomic mass is 10.2. The summed E-state index contributed by atoms with van der Waals surface area (Å²) < 4.78 is 26.7. The summed E-state index contributed by atoms with van der Waals surface area (Å²) in [6.45, 7) is 4.31. The molecule has 0 spiro atoms. The van der Waals surface area contributed by atoms with Crippen molar-refractivity contribution >= 4 is 27.3 Å². The molecule has 1 aromatic heterocycles. The topological polar surface area (TPSA) is 75.7 Å². The molecule has 1 fully saturated rings. The van der Waals surface area contributed by atoms with E-state index in [1.165, 1.54) is 15.6 Å². The lowest BCUT2D eigenvalue weighted by Crippen LogP contribution is -2.45. The van der Waals surface area contributed by atoms with Gasteiger partial charge in [0.1, 0.15) is 10.3 Å². The second-order valence-corrected chi connectivity index (χ2v) is 7.94. The van der Waals surface area contributed by atoms with E-state index < -0.39 is 22.0 Å². The van der Waals surface area contributed by atoms with Crippen LogP contribution in [0.25, 0.3) is 0 Å². The molecule has 112 valence electrons. The van der Waals surface area contributed by atoms with Gasteiger partial charge in [-0.3, -0.25) is 9.63 Å². The van der Waals surface area contributed by atoms with Crippen LogP contribution < -0.4 is 5.48 Å². The second-order valence-electron chi connectivity index (χ2n) is 4.54. The van der Waals surface area contributed by atoms with Gasteiger partial charge in [0.15, 0.2) is 0 Å². The van der Waals surface area contributed by atoms with E-state index in [2.05, 4.69) is 5.48 Å². The molecule has 8 heteroatoms. The van der Waals surface area contributed by atoms with Crippen molar-refractivity contribution in [3.05, 3.63) is 17.0 Å². The average Bonchev–Trinajstić information content (AvgIpc) is 3.04. The normalized spacial score (nSPS) is 20.2. The molecular weight excluding hydrogens is 300 g/mol. The molecule has 2 heterocycles. The molecule has 1 amide bonds. The van der Waals surface area contributed by atoms with E-state index in [0.29, 0.717) is 26.0 Å². The van der Waals surface area contributed by atoms with Crippen molar-refractivity contribution in [3.8, 4) is 0 Å². The van der Waals surface area contributed by atoms with Gasteiger partial charge in [0.25, 0.3) is 15.9 Å². The molecule has 1 aliphatic heterocycles. The van der Waals surface area contributed by atoms with E-state index in [1.54, 1.807) is 19.1 Å². The summed E-state index contributed by atoms with van der Waals surface area (Å²) in [5.74, 6) is -0.402. The number of amides is 1. The van der Waals surface area contributed by atoms with Crippen molar-refractivity contribution in [3.63, 3.8) is 0 Å². The van der Waals surface area contributed by atoms with Crippen molar-refractivity contribution in [2.75, 3.05) is 13.2 Å². The fourth-order valence-electron chi connectivity index (χ4n) is 2.17. The number of carbonyl (C=O) groups is 1. The Hall–Kier alpha value is -0.960. The average molecular weight is 318 g/mol. The Labute approximate surface area is 122 Å². The number of nitrogens with one attached hydrogen (secondary N) is 1. The van der Waals surface area contributed by atoms with Crippen LogP contribution in [-0.4, -0.2) is 37.8 Å². The lowest BCUT2D eigenvalue weighted by Gasteiger charge is -2.22. The molecule has 1 aliphatic rings. The first kappa shape index (κ1) is 15.4. The smallest absolute Gasteiger partial charge is 0.261 e. The van der Waals surface area contributed by atoms with Gasteiger partial charge in [-0.25, -0.2) is 13.9 Å². The third-order valence-corrected chi connectivity index (χ3v) is 6.48. The number of thiophene rings is 1. The summed E-state index contributed by atoms with van der Waals surface area (Å²) in [5, 5.41) is 0. The highest BCUT2D eigenvalue weighted by atomic mass is 32.2. The van der Waals surface area contributed by atoms with Gasteiger partial charge in [0.2, 0.25) is 0 Å². The van der Waals surface area contributed by atoms with E-state index in [9.17, 15) is 13.2 Å². The van der Waals surface area contributed by atoms with Gasteiger partial charge in [-0.2, -0.15) is 4.31 Å². The van der Waals surface area contributed by atoms with E-state index in [1.807, 2.05) is 6.92 Å². The van der Waals surface area contributed by atoms with Crippen LogP contribution in [0.15, 0.2) is 16.3 Å². The number of aryl methyl sites for hydroxylation is 1. The minimum atomic E-state index is -3.60. The molecule has 1 saturated heterocycles. The van der Waals surface area contributed by atoms with Gasteiger partial charge < -0.3 is 0 Å². The maximum Gasteiger partial charge on any atom is 0.261 e. The maximum absolute atomic E-state index is 12.6. The number of hydrogen-bond donors (Lipinski definition) is 1. The highest BCUT2D eigenvalue weighted by Gasteiger charge is 2.40. The molecule has 0 saturated carbocycles. The third-order valence-electron chi connectivity index (χ3n) is 3.10. The van der Waals surface area contributed by atoms with Gasteiger partial charge in [-0.05, 0) is 38.8 Å². The number of rotatable bonds is 5. The van der Waals surface area contributed by atoms with Crippen molar-refractivity contribution in [2.45, 2.75) is 36.9 Å². The molecule has 0 aliphatic carbocycles. The highest BCUT2D eigenvalue weighted by Crippen LogP contribution is 2.30. The molecule has 20 heavy (non-hydrogen) atoms. The first-order valence-corrected chi connectivity index (χ1v) is 8.72. The minimum absolute atomic E-state index is 0.283. The summed E-state index contributed by atoms with van der Waals surface area (Å²) in [7, 11) is -3.60. The first-order valence-electron chi connectivity index (χ1n) is 6.46. The van der Waals surface area contributed by atoms with Gasteiger partial charge in [-0.1, -0.05) is 0 Å². The maximum atomic E-state index is 12.6. The fraction of sp³-hybridized carbons (Fsp3) is 0.583. The molecule has 0 aromatic carbocycles. The van der Waals surface area contributed by atoms with Crippen molar-refractivity contribution < 1.29 is 18.0 Å². The van der Waals surface area contributed by atoms with Crippen LogP contribution in [0, 0.1) is 6.92 Å². The highest BCUT2D eigenvalue weighted by molar-refractivity contribution is 7.91. The monoisotopic (exact) mass is 318 g/mol. The Morgan fingerprint density at radius 3 is 2.90 bits per heavy atom. The summed E-state index contributed by atoms with van der Waals surface area (Å²) in [6.07, 6.45) is 1.19. The van der Waals surface area contributed by atoms with Gasteiger partial charge >= 0.3 is 0 Å². The predicted octanol–water partition coefficient (Wildman–Crippen LogP) is 1.28. The van der Waals surface area contributed by atoms with Crippen LogP contribution in [0.2, 0.25) is 0 Å². The van der Waals surface area contributed by atoms with Crippen LogP contribution in [0.3, 0.4) is 0 Å². The fourth-order valence-corrected chi connectivity index (χ4v) is 5.24. The Kier molecular flexibility index (Phi) is 4.79. The molecule has 1 N–H and O–H groups in total. The standard InChI is InChI=1S/C12H18N2O4S2/c1-3-18-13-12(15)10-5-4-8-14(10)20(16,17)11-7-6-9(2)19-11/h6-7,10H,3-5,8H2,1-2H3,(H,13,15). The van der Waals surface area contributed by atoms with Gasteiger partial charge in [0, 0.05) is 11.4 Å². The summed E-state index contributed by atoms with van der Waals surface area (Å²) in [4.78, 5) is 17.7. The molecule has 1 unspecified atom stereocenters. The summed E-state index contributed by atoms with van der Waals surface area (Å²) >= 11 is 1.22. The Morgan fingerprint density at radius 2 is 2.30 bits per heavy atom. The number of hydrogen-bond acceptors (Lipinski definition) is 5. The minimum Gasteiger partial charge on any atom is -0.274 e. The van der Waals surface area contributed by atoms with Crippen LogP contribution in [0.1, 0.15) is 24.6 Å². The Bertz CT molecular complexity index is 582. The second kappa shape index (κ2) is 6.21. The van der Waals surface area contributed by atoms with Crippen molar-refractivity contribution in [1.29, 1.82) is 0 Å². The Morgan fingerprint density at radius 1 is 1.55 bits per heavy atom. The Balaban J connectivity index is 2.20. The van der Waals surface area contributed by atoms with Gasteiger partial charge in [0.05, 0.1) is 6.61 Å². The number of carbonyl (C=O) groups excluding carboxylic acids is 1. The zero-order valence-corrected chi connectivity index (χ0v) is 13.1. The quantitative estimate of drug-likeness (QED) is 0.830. The van der Waals surface area contributed by atoms with E-state index in [-0.39, 0.29) is 4.21 Å². The molecule has 1 atom stereocenters. The zero-order chi connectivity index (χ0) is 14.8. The van der Waals surface area contributed by atoms with E-state index >= 15 is 0 Å². The van der Waals surface area contributed by atoms with Crippen LogP contribution in [0.4, 0.5) is 0 Å². The number of nitrogens with zero attached hydrogens (tertiary/aromatic N) is 1. The lowest BCUT2D eigenvalue weighted by molar-refractivity contribution is -0.136. The summed E-state index contributed by atoms with van der Waals surface area (Å²) in [6, 6.07) is 2.67. The van der Waals surface area contributed by atoms with Crippen molar-refractivity contribution in [1.82, 2.24) is 9.79 Å². The van der Waals surface area contributed by atoms with Crippen LogP contribution >= 0.6 is 11.3 Å². The number of hydroxylamine groups is 1. The van der Waals surface area contributed by atoms with Gasteiger partial charge in [-0.15, -0.1) is 11.3 Å². The molecule has 6 nitrogen and oxygen atoms in total. The van der Waals surface area contributed by atoms with Crippen molar-refractivity contribution in [2.24, 2.45) is 0 Å².